The van der Waals surface area contributed by atoms with Crippen LogP contribution in [0.1, 0.15) is 11.1 Å². The van der Waals surface area contributed by atoms with Crippen LogP contribution in [0.3, 0.4) is 0 Å². The highest BCUT2D eigenvalue weighted by atomic mass is 19.4. The SMILES string of the molecule is Cc1cccc(N(C)c2ncc(C(F)(F)F)c(Nc3ccccc3)n2)c1. The van der Waals surface area contributed by atoms with Crippen molar-refractivity contribution in [1.82, 2.24) is 9.97 Å². The molecule has 0 spiro atoms. The van der Waals surface area contributed by atoms with Gasteiger partial charge in [0.05, 0.1) is 0 Å². The molecule has 134 valence electrons. The number of nitrogens with one attached hydrogen (secondary N) is 1. The average molecular weight is 358 g/mol. The van der Waals surface area contributed by atoms with Crippen LogP contribution in [0.25, 0.3) is 0 Å². The van der Waals surface area contributed by atoms with E-state index in [1.165, 1.54) is 0 Å². The molecular weight excluding hydrogens is 341 g/mol. The zero-order valence-corrected chi connectivity index (χ0v) is 14.2. The Hall–Kier alpha value is -3.09. The van der Waals surface area contributed by atoms with E-state index in [2.05, 4.69) is 15.3 Å². The molecular formula is C19H17F3N4. The van der Waals surface area contributed by atoms with Crippen molar-refractivity contribution >= 4 is 23.1 Å². The Kier molecular flexibility index (Phi) is 4.79. The Morgan fingerprint density at radius 1 is 1.00 bits per heavy atom. The Labute approximate surface area is 149 Å². The molecule has 3 rings (SSSR count). The summed E-state index contributed by atoms with van der Waals surface area (Å²) in [6.07, 6.45) is -3.75. The highest BCUT2D eigenvalue weighted by Crippen LogP contribution is 2.36. The normalized spacial score (nSPS) is 11.3. The number of aromatic nitrogens is 2. The third-order valence-corrected chi connectivity index (χ3v) is 3.81. The predicted octanol–water partition coefficient (Wildman–Crippen LogP) is 5.32. The fourth-order valence-electron chi connectivity index (χ4n) is 2.45. The van der Waals surface area contributed by atoms with Crippen molar-refractivity contribution in [2.75, 3.05) is 17.3 Å². The van der Waals surface area contributed by atoms with Gasteiger partial charge in [0, 0.05) is 24.6 Å². The van der Waals surface area contributed by atoms with Gasteiger partial charge in [-0.3, -0.25) is 0 Å². The molecule has 0 saturated heterocycles. The zero-order valence-electron chi connectivity index (χ0n) is 14.2. The molecule has 0 unspecified atom stereocenters. The van der Waals surface area contributed by atoms with Crippen molar-refractivity contribution in [3.8, 4) is 0 Å². The fourth-order valence-corrected chi connectivity index (χ4v) is 2.45. The number of halogens is 3. The summed E-state index contributed by atoms with van der Waals surface area (Å²) in [5, 5.41) is 2.74. The third kappa shape index (κ3) is 3.93. The highest BCUT2D eigenvalue weighted by molar-refractivity contribution is 5.64. The fraction of sp³-hybridized carbons (Fsp3) is 0.158. The minimum absolute atomic E-state index is 0.169. The summed E-state index contributed by atoms with van der Waals surface area (Å²) in [4.78, 5) is 9.67. The van der Waals surface area contributed by atoms with Crippen molar-refractivity contribution in [3.63, 3.8) is 0 Å². The molecule has 1 heterocycles. The summed E-state index contributed by atoms with van der Waals surface area (Å²) in [5.41, 5.74) is 1.42. The van der Waals surface area contributed by atoms with E-state index >= 15 is 0 Å². The molecule has 0 bridgehead atoms. The number of aryl methyl sites for hydroxylation is 1. The van der Waals surface area contributed by atoms with Crippen LogP contribution in [0.5, 0.6) is 0 Å². The summed E-state index contributed by atoms with van der Waals surface area (Å²) in [6, 6.07) is 16.2. The first-order valence-electron chi connectivity index (χ1n) is 7.91. The van der Waals surface area contributed by atoms with Gasteiger partial charge in [-0.1, -0.05) is 30.3 Å². The van der Waals surface area contributed by atoms with Crippen LogP contribution in [-0.2, 0) is 6.18 Å². The Bertz CT molecular complexity index is 895. The summed E-state index contributed by atoms with van der Waals surface area (Å²) in [5.74, 6) is -0.116. The van der Waals surface area contributed by atoms with Crippen molar-refractivity contribution < 1.29 is 13.2 Å². The number of hydrogen-bond donors (Lipinski definition) is 1. The number of hydrogen-bond acceptors (Lipinski definition) is 4. The van der Waals surface area contributed by atoms with Crippen LogP contribution in [0.15, 0.2) is 60.8 Å². The predicted molar refractivity (Wildman–Crippen MR) is 96.0 cm³/mol. The van der Waals surface area contributed by atoms with Gasteiger partial charge < -0.3 is 10.2 Å². The van der Waals surface area contributed by atoms with Gasteiger partial charge in [0.1, 0.15) is 11.4 Å². The van der Waals surface area contributed by atoms with E-state index in [1.807, 2.05) is 31.2 Å². The summed E-state index contributed by atoms with van der Waals surface area (Å²) >= 11 is 0. The van der Waals surface area contributed by atoms with Crippen molar-refractivity contribution in [3.05, 3.63) is 71.9 Å². The lowest BCUT2D eigenvalue weighted by Gasteiger charge is -2.20. The van der Waals surface area contributed by atoms with Gasteiger partial charge in [-0.25, -0.2) is 4.98 Å². The molecule has 0 amide bonds. The molecule has 0 aliphatic heterocycles. The van der Waals surface area contributed by atoms with E-state index in [0.29, 0.717) is 5.69 Å². The van der Waals surface area contributed by atoms with Crippen molar-refractivity contribution in [2.24, 2.45) is 0 Å². The van der Waals surface area contributed by atoms with Crippen molar-refractivity contribution in [1.29, 1.82) is 0 Å². The maximum atomic E-state index is 13.3. The van der Waals surface area contributed by atoms with Crippen LogP contribution in [0.4, 0.5) is 36.3 Å². The van der Waals surface area contributed by atoms with E-state index < -0.39 is 11.7 Å². The van der Waals surface area contributed by atoms with Gasteiger partial charge in [-0.05, 0) is 36.8 Å². The molecule has 0 saturated carbocycles. The van der Waals surface area contributed by atoms with E-state index in [4.69, 9.17) is 0 Å². The second-order valence-electron chi connectivity index (χ2n) is 5.82. The summed E-state index contributed by atoms with van der Waals surface area (Å²) in [7, 11) is 1.71. The van der Waals surface area contributed by atoms with Gasteiger partial charge in [-0.15, -0.1) is 0 Å². The minimum Gasteiger partial charge on any atom is -0.340 e. The molecule has 26 heavy (non-hydrogen) atoms. The largest absolute Gasteiger partial charge is 0.421 e. The highest BCUT2D eigenvalue weighted by Gasteiger charge is 2.35. The number of nitrogens with zero attached hydrogens (tertiary/aromatic N) is 3. The van der Waals surface area contributed by atoms with Gasteiger partial charge in [0.25, 0.3) is 0 Å². The quantitative estimate of drug-likeness (QED) is 0.686. The van der Waals surface area contributed by atoms with Crippen LogP contribution < -0.4 is 10.2 Å². The minimum atomic E-state index is -4.56. The first-order valence-corrected chi connectivity index (χ1v) is 7.91. The topological polar surface area (TPSA) is 41.1 Å². The smallest absolute Gasteiger partial charge is 0.340 e. The Morgan fingerprint density at radius 2 is 1.73 bits per heavy atom. The molecule has 1 N–H and O–H groups in total. The van der Waals surface area contributed by atoms with Gasteiger partial charge >= 0.3 is 6.18 Å². The number of benzene rings is 2. The van der Waals surface area contributed by atoms with Crippen LogP contribution in [-0.4, -0.2) is 17.0 Å². The number of anilines is 4. The third-order valence-electron chi connectivity index (χ3n) is 3.81. The van der Waals surface area contributed by atoms with E-state index in [1.54, 1.807) is 42.3 Å². The molecule has 0 aliphatic carbocycles. The van der Waals surface area contributed by atoms with E-state index in [-0.39, 0.29) is 11.8 Å². The molecule has 7 heteroatoms. The molecule has 1 aromatic heterocycles. The molecule has 3 aromatic rings. The molecule has 0 fully saturated rings. The Morgan fingerprint density at radius 3 is 2.38 bits per heavy atom. The Balaban J connectivity index is 2.01. The maximum Gasteiger partial charge on any atom is 0.421 e. The van der Waals surface area contributed by atoms with E-state index in [9.17, 15) is 13.2 Å². The maximum absolute atomic E-state index is 13.3. The summed E-state index contributed by atoms with van der Waals surface area (Å²) in [6.45, 7) is 1.94. The lowest BCUT2D eigenvalue weighted by Crippen LogP contribution is -2.17. The molecule has 0 aliphatic rings. The first-order chi connectivity index (χ1) is 12.3. The van der Waals surface area contributed by atoms with Crippen LogP contribution in [0.2, 0.25) is 0 Å². The van der Waals surface area contributed by atoms with Gasteiger partial charge in [0.15, 0.2) is 0 Å². The molecule has 0 atom stereocenters. The molecule has 4 nitrogen and oxygen atoms in total. The molecule has 0 radical (unpaired) electrons. The number of para-hydroxylation sites is 1. The average Bonchev–Trinajstić information content (AvgIpc) is 2.61. The monoisotopic (exact) mass is 358 g/mol. The van der Waals surface area contributed by atoms with Gasteiger partial charge in [-0.2, -0.15) is 18.2 Å². The lowest BCUT2D eigenvalue weighted by atomic mass is 10.2. The van der Waals surface area contributed by atoms with Crippen LogP contribution >= 0.6 is 0 Å². The van der Waals surface area contributed by atoms with Crippen molar-refractivity contribution in [2.45, 2.75) is 13.1 Å². The first kappa shape index (κ1) is 17.7. The van der Waals surface area contributed by atoms with Crippen LogP contribution in [0, 0.1) is 6.92 Å². The zero-order chi connectivity index (χ0) is 18.7. The second-order valence-corrected chi connectivity index (χ2v) is 5.82. The number of rotatable bonds is 4. The van der Waals surface area contributed by atoms with Gasteiger partial charge in [0.2, 0.25) is 5.95 Å². The van der Waals surface area contributed by atoms with E-state index in [0.717, 1.165) is 17.4 Å². The summed E-state index contributed by atoms with van der Waals surface area (Å²) < 4.78 is 40.0. The molecule has 2 aromatic carbocycles. The lowest BCUT2D eigenvalue weighted by molar-refractivity contribution is -0.137. The second kappa shape index (κ2) is 7.03. The standard InChI is InChI=1S/C19H17F3N4/c1-13-7-6-10-15(11-13)26(2)18-23-12-16(19(20,21)22)17(25-18)24-14-8-4-3-5-9-14/h3-12H,1-2H3,(H,23,24,25). The number of alkyl halides is 3.